The Morgan fingerprint density at radius 2 is 1.61 bits per heavy atom. The summed E-state index contributed by atoms with van der Waals surface area (Å²) in [5.74, 6) is -0.511. The van der Waals surface area contributed by atoms with E-state index in [2.05, 4.69) is 10.0 Å². The molecule has 0 unspecified atom stereocenters. The number of carbonyl (C=O) groups excluding carboxylic acids is 1. The predicted molar refractivity (Wildman–Crippen MR) is 123 cm³/mol. The Labute approximate surface area is 191 Å². The number of anilines is 2. The molecule has 1 amide bonds. The van der Waals surface area contributed by atoms with E-state index in [1.54, 1.807) is 30.3 Å². The second-order valence-electron chi connectivity index (χ2n) is 7.31. The van der Waals surface area contributed by atoms with Crippen LogP contribution in [-0.2, 0) is 16.2 Å². The average molecular weight is 491 g/mol. The molecule has 0 bridgehead atoms. The van der Waals surface area contributed by atoms with Gasteiger partial charge in [0.15, 0.2) is 0 Å². The topological polar surface area (TPSA) is 75.3 Å². The van der Waals surface area contributed by atoms with Crippen molar-refractivity contribution in [3.8, 4) is 0 Å². The summed E-state index contributed by atoms with van der Waals surface area (Å²) in [6, 6.07) is 17.2. The second kappa shape index (κ2) is 8.53. The maximum atomic E-state index is 12.9. The molecule has 2 N–H and O–H groups in total. The van der Waals surface area contributed by atoms with E-state index in [0.717, 1.165) is 29.0 Å². The van der Waals surface area contributed by atoms with Crippen LogP contribution in [0.1, 0.15) is 20.8 Å². The van der Waals surface area contributed by atoms with Gasteiger partial charge in [-0.05, 0) is 66.9 Å². The summed E-state index contributed by atoms with van der Waals surface area (Å²) in [5, 5.41) is 2.97. The molecule has 10 heteroatoms. The lowest BCUT2D eigenvalue weighted by Crippen LogP contribution is -2.14. The number of thiophene rings is 1. The van der Waals surface area contributed by atoms with Crippen molar-refractivity contribution in [2.75, 3.05) is 10.0 Å². The smallest absolute Gasteiger partial charge is 0.321 e. The lowest BCUT2D eigenvalue weighted by Gasteiger charge is -2.10. The molecule has 0 radical (unpaired) electrons. The number of benzene rings is 3. The number of alkyl halides is 3. The highest BCUT2D eigenvalue weighted by Crippen LogP contribution is 2.34. The van der Waals surface area contributed by atoms with E-state index in [1.165, 1.54) is 30.3 Å². The molecule has 1 heterocycles. The van der Waals surface area contributed by atoms with Crippen LogP contribution in [0.5, 0.6) is 0 Å². The summed E-state index contributed by atoms with van der Waals surface area (Å²) < 4.78 is 67.0. The number of aryl methyl sites for hydroxylation is 1. The lowest BCUT2D eigenvalue weighted by molar-refractivity contribution is -0.137. The molecular weight excluding hydrogens is 473 g/mol. The first-order valence-electron chi connectivity index (χ1n) is 9.63. The molecule has 3 aromatic carbocycles. The highest BCUT2D eigenvalue weighted by atomic mass is 32.2. The van der Waals surface area contributed by atoms with Gasteiger partial charge in [0.1, 0.15) is 0 Å². The fourth-order valence-electron chi connectivity index (χ4n) is 3.12. The number of sulfonamides is 1. The van der Waals surface area contributed by atoms with Gasteiger partial charge in [-0.15, -0.1) is 11.3 Å². The van der Waals surface area contributed by atoms with Crippen molar-refractivity contribution in [3.63, 3.8) is 0 Å². The number of rotatable bonds is 5. The normalized spacial score (nSPS) is 12.0. The number of nitrogens with one attached hydrogen (secondary N) is 2. The van der Waals surface area contributed by atoms with E-state index in [9.17, 15) is 26.4 Å². The van der Waals surface area contributed by atoms with Crippen molar-refractivity contribution < 1.29 is 26.4 Å². The van der Waals surface area contributed by atoms with Crippen LogP contribution in [0.2, 0.25) is 0 Å². The molecule has 0 fully saturated rings. The van der Waals surface area contributed by atoms with Crippen molar-refractivity contribution in [1.82, 2.24) is 0 Å². The van der Waals surface area contributed by atoms with Crippen LogP contribution in [0.3, 0.4) is 0 Å². The molecule has 33 heavy (non-hydrogen) atoms. The molecule has 0 atom stereocenters. The molecule has 0 saturated heterocycles. The fourth-order valence-corrected chi connectivity index (χ4v) is 5.10. The van der Waals surface area contributed by atoms with Gasteiger partial charge >= 0.3 is 6.18 Å². The number of fused-ring (bicyclic) bond motifs is 1. The number of hydrogen-bond acceptors (Lipinski definition) is 4. The SMILES string of the molecule is Cc1ccc(S(=O)(=O)Nc2cccc(NC(=O)c3cc4cc(C(F)(F)F)ccc4s3)c2)cc1. The largest absolute Gasteiger partial charge is 0.416 e. The van der Waals surface area contributed by atoms with Gasteiger partial charge in [0, 0.05) is 10.4 Å². The molecule has 0 aliphatic heterocycles. The van der Waals surface area contributed by atoms with Crippen LogP contribution >= 0.6 is 11.3 Å². The Kier molecular flexibility index (Phi) is 5.89. The average Bonchev–Trinajstić information content (AvgIpc) is 3.17. The number of halogens is 3. The minimum Gasteiger partial charge on any atom is -0.321 e. The zero-order chi connectivity index (χ0) is 23.8. The first-order chi connectivity index (χ1) is 15.5. The van der Waals surface area contributed by atoms with Crippen LogP contribution in [0, 0.1) is 6.92 Å². The van der Waals surface area contributed by atoms with Gasteiger partial charge < -0.3 is 5.32 Å². The number of carbonyl (C=O) groups is 1. The van der Waals surface area contributed by atoms with Gasteiger partial charge in [-0.3, -0.25) is 9.52 Å². The van der Waals surface area contributed by atoms with E-state index in [4.69, 9.17) is 0 Å². The summed E-state index contributed by atoms with van der Waals surface area (Å²) >= 11 is 1.07. The Balaban J connectivity index is 1.52. The van der Waals surface area contributed by atoms with Gasteiger partial charge in [-0.1, -0.05) is 23.8 Å². The van der Waals surface area contributed by atoms with Crippen LogP contribution in [0.25, 0.3) is 10.1 Å². The van der Waals surface area contributed by atoms with Crippen molar-refractivity contribution >= 4 is 48.7 Å². The quantitative estimate of drug-likeness (QED) is 0.346. The molecule has 4 aromatic rings. The summed E-state index contributed by atoms with van der Waals surface area (Å²) in [4.78, 5) is 13.0. The molecule has 0 spiro atoms. The fraction of sp³-hybridized carbons (Fsp3) is 0.0870. The zero-order valence-corrected chi connectivity index (χ0v) is 18.7. The molecule has 170 valence electrons. The van der Waals surface area contributed by atoms with Crippen molar-refractivity contribution in [3.05, 3.63) is 88.8 Å². The van der Waals surface area contributed by atoms with Crippen LogP contribution in [-0.4, -0.2) is 14.3 Å². The van der Waals surface area contributed by atoms with E-state index in [1.807, 2.05) is 6.92 Å². The lowest BCUT2D eigenvalue weighted by atomic mass is 10.1. The Morgan fingerprint density at radius 1 is 0.909 bits per heavy atom. The van der Waals surface area contributed by atoms with Crippen LogP contribution in [0.4, 0.5) is 24.5 Å². The molecule has 4 rings (SSSR count). The molecular formula is C23H17F3N2O3S2. The minimum absolute atomic E-state index is 0.103. The first kappa shape index (κ1) is 22.8. The third-order valence-corrected chi connectivity index (χ3v) is 7.28. The summed E-state index contributed by atoms with van der Waals surface area (Å²) in [5.41, 5.74) is 0.722. The highest BCUT2D eigenvalue weighted by Gasteiger charge is 2.30. The summed E-state index contributed by atoms with van der Waals surface area (Å²) in [6.07, 6.45) is -4.47. The van der Waals surface area contributed by atoms with E-state index in [-0.39, 0.29) is 15.5 Å². The highest BCUT2D eigenvalue weighted by molar-refractivity contribution is 7.92. The van der Waals surface area contributed by atoms with Gasteiger partial charge in [0.05, 0.1) is 21.0 Å². The second-order valence-corrected chi connectivity index (χ2v) is 10.1. The predicted octanol–water partition coefficient (Wildman–Crippen LogP) is 6.28. The molecule has 0 aliphatic carbocycles. The third-order valence-electron chi connectivity index (χ3n) is 4.77. The van der Waals surface area contributed by atoms with Crippen molar-refractivity contribution in [2.45, 2.75) is 18.0 Å². The Morgan fingerprint density at radius 3 is 2.30 bits per heavy atom. The van der Waals surface area contributed by atoms with Crippen molar-refractivity contribution in [1.29, 1.82) is 0 Å². The van der Waals surface area contributed by atoms with Gasteiger partial charge in [-0.25, -0.2) is 8.42 Å². The van der Waals surface area contributed by atoms with Gasteiger partial charge in [-0.2, -0.15) is 13.2 Å². The number of hydrogen-bond donors (Lipinski definition) is 2. The zero-order valence-electron chi connectivity index (χ0n) is 17.1. The van der Waals surface area contributed by atoms with Crippen LogP contribution in [0.15, 0.2) is 77.7 Å². The molecule has 0 saturated carbocycles. The Bertz CT molecular complexity index is 1440. The summed E-state index contributed by atoms with van der Waals surface area (Å²) in [6.45, 7) is 1.85. The van der Waals surface area contributed by atoms with E-state index < -0.39 is 27.7 Å². The minimum atomic E-state index is -4.47. The Hall–Kier alpha value is -3.37. The third kappa shape index (κ3) is 5.18. The monoisotopic (exact) mass is 490 g/mol. The first-order valence-corrected chi connectivity index (χ1v) is 11.9. The summed E-state index contributed by atoms with van der Waals surface area (Å²) in [7, 11) is -3.81. The molecule has 0 aliphatic rings. The van der Waals surface area contributed by atoms with E-state index >= 15 is 0 Å². The number of amides is 1. The van der Waals surface area contributed by atoms with Gasteiger partial charge in [0.2, 0.25) is 0 Å². The molecule has 1 aromatic heterocycles. The van der Waals surface area contributed by atoms with Gasteiger partial charge in [0.25, 0.3) is 15.9 Å². The van der Waals surface area contributed by atoms with Crippen LogP contribution < -0.4 is 10.0 Å². The maximum Gasteiger partial charge on any atom is 0.416 e. The van der Waals surface area contributed by atoms with E-state index in [0.29, 0.717) is 15.8 Å². The maximum absolute atomic E-state index is 12.9. The van der Waals surface area contributed by atoms with Crippen molar-refractivity contribution in [2.24, 2.45) is 0 Å². The standard InChI is InChI=1S/C23H17F3N2O3S2/c1-14-5-8-19(9-6-14)33(30,31)28-18-4-2-3-17(13-18)27-22(29)21-12-15-11-16(23(24,25)26)7-10-20(15)32-21/h2-13,28H,1H3,(H,27,29). The molecule has 5 nitrogen and oxygen atoms in total.